The maximum atomic E-state index is 13.0. The molecule has 0 fully saturated rings. The first-order chi connectivity index (χ1) is 16.7. The molecule has 0 aliphatic rings. The molecular weight excluding hydrogens is 422 g/mol. The Balaban J connectivity index is 1.58. The van der Waals surface area contributed by atoms with Crippen LogP contribution in [0.2, 0.25) is 0 Å². The van der Waals surface area contributed by atoms with Gasteiger partial charge < -0.3 is 14.6 Å². The van der Waals surface area contributed by atoms with E-state index in [-0.39, 0.29) is 11.9 Å². The van der Waals surface area contributed by atoms with Gasteiger partial charge in [-0.3, -0.25) is 4.79 Å². The highest BCUT2D eigenvalue weighted by Gasteiger charge is 2.20. The first-order valence-electron chi connectivity index (χ1n) is 13.0. The van der Waals surface area contributed by atoms with E-state index in [9.17, 15) is 4.79 Å². The number of nitrogens with one attached hydrogen (secondary N) is 1. The van der Waals surface area contributed by atoms with Crippen LogP contribution in [0.3, 0.4) is 0 Å². The van der Waals surface area contributed by atoms with E-state index in [1.807, 2.05) is 31.2 Å². The molecule has 1 atom stereocenters. The molecule has 1 aromatic heterocycles. The Morgan fingerprint density at radius 3 is 2.24 bits per heavy atom. The van der Waals surface area contributed by atoms with Crippen LogP contribution < -0.4 is 10.1 Å². The van der Waals surface area contributed by atoms with Gasteiger partial charge in [0.25, 0.3) is 5.91 Å². The number of amides is 1. The molecule has 0 spiro atoms. The highest BCUT2D eigenvalue weighted by atomic mass is 16.5. The Hall–Kier alpha value is -2.82. The average Bonchev–Trinajstić information content (AvgIpc) is 3.24. The fraction of sp³-hybridized carbons (Fsp3) is 0.517. The molecule has 1 amide bonds. The smallest absolute Gasteiger partial charge is 0.255 e. The SMILES string of the molecule is CCCCCCCCCCCCn1c(C(C)NC(=O)c2ccccc2OC)nc2ccccc21. The number of benzene rings is 2. The number of rotatable bonds is 15. The zero-order valence-electron chi connectivity index (χ0n) is 21.2. The predicted molar refractivity (Wildman–Crippen MR) is 140 cm³/mol. The first-order valence-corrected chi connectivity index (χ1v) is 13.0. The van der Waals surface area contributed by atoms with E-state index in [1.54, 1.807) is 19.2 Å². The highest BCUT2D eigenvalue weighted by molar-refractivity contribution is 5.97. The van der Waals surface area contributed by atoms with Crippen molar-refractivity contribution in [1.29, 1.82) is 0 Å². The van der Waals surface area contributed by atoms with Crippen molar-refractivity contribution >= 4 is 16.9 Å². The molecule has 1 N–H and O–H groups in total. The molecule has 5 heteroatoms. The van der Waals surface area contributed by atoms with Crippen LogP contribution in [-0.4, -0.2) is 22.6 Å². The zero-order valence-corrected chi connectivity index (χ0v) is 21.2. The molecule has 1 unspecified atom stereocenters. The van der Waals surface area contributed by atoms with Crippen molar-refractivity contribution in [1.82, 2.24) is 14.9 Å². The van der Waals surface area contributed by atoms with Crippen molar-refractivity contribution in [2.24, 2.45) is 0 Å². The second kappa shape index (κ2) is 13.8. The number of methoxy groups -OCH3 is 1. The number of carbonyl (C=O) groups excluding carboxylic acids is 1. The third-order valence-corrected chi connectivity index (χ3v) is 6.51. The average molecular weight is 464 g/mol. The molecule has 0 saturated heterocycles. The van der Waals surface area contributed by atoms with Crippen molar-refractivity contribution in [2.75, 3.05) is 7.11 Å². The van der Waals surface area contributed by atoms with Gasteiger partial charge in [0.1, 0.15) is 11.6 Å². The molecule has 34 heavy (non-hydrogen) atoms. The lowest BCUT2D eigenvalue weighted by Crippen LogP contribution is -2.29. The number of aryl methyl sites for hydroxylation is 1. The van der Waals surface area contributed by atoms with Gasteiger partial charge in [0.2, 0.25) is 0 Å². The van der Waals surface area contributed by atoms with Crippen molar-refractivity contribution in [3.63, 3.8) is 0 Å². The minimum Gasteiger partial charge on any atom is -0.496 e. The second-order valence-corrected chi connectivity index (χ2v) is 9.19. The molecule has 2 aromatic carbocycles. The van der Waals surface area contributed by atoms with Crippen LogP contribution in [0.25, 0.3) is 11.0 Å². The summed E-state index contributed by atoms with van der Waals surface area (Å²) in [7, 11) is 1.58. The van der Waals surface area contributed by atoms with Crippen LogP contribution in [0, 0.1) is 0 Å². The summed E-state index contributed by atoms with van der Waals surface area (Å²) in [5.74, 6) is 1.33. The van der Waals surface area contributed by atoms with Crippen molar-refractivity contribution < 1.29 is 9.53 Å². The predicted octanol–water partition coefficient (Wildman–Crippen LogP) is 7.46. The van der Waals surface area contributed by atoms with Gasteiger partial charge in [-0.05, 0) is 37.6 Å². The molecule has 3 rings (SSSR count). The number of hydrogen-bond acceptors (Lipinski definition) is 3. The number of aromatic nitrogens is 2. The minimum atomic E-state index is -0.215. The van der Waals surface area contributed by atoms with E-state index in [0.29, 0.717) is 11.3 Å². The molecule has 0 saturated carbocycles. The molecule has 5 nitrogen and oxygen atoms in total. The normalized spacial score (nSPS) is 12.1. The van der Waals surface area contributed by atoms with E-state index < -0.39 is 0 Å². The van der Waals surface area contributed by atoms with Crippen LogP contribution in [0.1, 0.15) is 100 Å². The summed E-state index contributed by atoms with van der Waals surface area (Å²) in [6, 6.07) is 15.3. The molecule has 0 radical (unpaired) electrons. The second-order valence-electron chi connectivity index (χ2n) is 9.19. The molecule has 184 valence electrons. The van der Waals surface area contributed by atoms with E-state index in [4.69, 9.17) is 9.72 Å². The number of carbonyl (C=O) groups is 1. The van der Waals surface area contributed by atoms with Crippen LogP contribution in [0.15, 0.2) is 48.5 Å². The standard InChI is InChI=1S/C29H41N3O2/c1-4-5-6-7-8-9-10-11-12-17-22-32-26-20-15-14-19-25(26)31-28(32)23(2)30-29(33)24-18-13-16-21-27(24)34-3/h13-16,18-21,23H,4-12,17,22H2,1-3H3,(H,30,33). The maximum absolute atomic E-state index is 13.0. The third kappa shape index (κ3) is 7.09. The number of hydrogen-bond donors (Lipinski definition) is 1. The van der Waals surface area contributed by atoms with Gasteiger partial charge in [0.15, 0.2) is 0 Å². The zero-order chi connectivity index (χ0) is 24.2. The van der Waals surface area contributed by atoms with Crippen LogP contribution in [0.5, 0.6) is 5.75 Å². The topological polar surface area (TPSA) is 56.2 Å². The fourth-order valence-electron chi connectivity index (χ4n) is 4.59. The van der Waals surface area contributed by atoms with E-state index in [2.05, 4.69) is 28.9 Å². The number of unbranched alkanes of at least 4 members (excludes halogenated alkanes) is 9. The summed E-state index contributed by atoms with van der Waals surface area (Å²) in [5, 5.41) is 3.13. The van der Waals surface area contributed by atoms with Gasteiger partial charge >= 0.3 is 0 Å². The number of para-hydroxylation sites is 3. The lowest BCUT2D eigenvalue weighted by molar-refractivity contribution is 0.0934. The Morgan fingerprint density at radius 1 is 0.912 bits per heavy atom. The summed E-state index contributed by atoms with van der Waals surface area (Å²) in [6.07, 6.45) is 13.2. The molecule has 1 heterocycles. The number of imidazole rings is 1. The minimum absolute atomic E-state index is 0.150. The highest BCUT2D eigenvalue weighted by Crippen LogP contribution is 2.24. The summed E-state index contributed by atoms with van der Waals surface area (Å²) >= 11 is 0. The quantitative estimate of drug-likeness (QED) is 0.238. The van der Waals surface area contributed by atoms with Gasteiger partial charge in [0, 0.05) is 6.54 Å². The number of fused-ring (bicyclic) bond motifs is 1. The van der Waals surface area contributed by atoms with Gasteiger partial charge in [-0.1, -0.05) is 89.0 Å². The van der Waals surface area contributed by atoms with E-state index in [1.165, 1.54) is 57.8 Å². The fourth-order valence-corrected chi connectivity index (χ4v) is 4.59. The largest absolute Gasteiger partial charge is 0.496 e. The van der Waals surface area contributed by atoms with Crippen molar-refractivity contribution in [2.45, 2.75) is 90.6 Å². The van der Waals surface area contributed by atoms with E-state index >= 15 is 0 Å². The first kappa shape index (κ1) is 25.8. The summed E-state index contributed by atoms with van der Waals surface area (Å²) in [6.45, 7) is 5.19. The summed E-state index contributed by atoms with van der Waals surface area (Å²) in [4.78, 5) is 17.8. The Labute approximate surface area is 204 Å². The van der Waals surface area contributed by atoms with Gasteiger partial charge in [0.05, 0.1) is 29.7 Å². The summed E-state index contributed by atoms with van der Waals surface area (Å²) < 4.78 is 7.65. The Morgan fingerprint density at radius 2 is 1.53 bits per heavy atom. The van der Waals surface area contributed by atoms with E-state index in [0.717, 1.165) is 29.8 Å². The van der Waals surface area contributed by atoms with Crippen molar-refractivity contribution in [3.8, 4) is 5.75 Å². The van der Waals surface area contributed by atoms with Crippen LogP contribution in [-0.2, 0) is 6.54 Å². The molecule has 0 bridgehead atoms. The van der Waals surface area contributed by atoms with Gasteiger partial charge in [-0.2, -0.15) is 0 Å². The summed E-state index contributed by atoms with van der Waals surface area (Å²) in [5.41, 5.74) is 2.64. The van der Waals surface area contributed by atoms with Gasteiger partial charge in [-0.15, -0.1) is 0 Å². The Kier molecular flexibility index (Phi) is 10.5. The van der Waals surface area contributed by atoms with Crippen molar-refractivity contribution in [3.05, 3.63) is 59.9 Å². The number of ether oxygens (including phenoxy) is 1. The van der Waals surface area contributed by atoms with Crippen LogP contribution in [0.4, 0.5) is 0 Å². The lowest BCUT2D eigenvalue weighted by atomic mass is 10.1. The monoisotopic (exact) mass is 463 g/mol. The molecular formula is C29H41N3O2. The van der Waals surface area contributed by atoms with Gasteiger partial charge in [-0.25, -0.2) is 4.98 Å². The van der Waals surface area contributed by atoms with Crippen LogP contribution >= 0.6 is 0 Å². The third-order valence-electron chi connectivity index (χ3n) is 6.51. The Bertz CT molecular complexity index is 1030. The molecule has 0 aliphatic heterocycles. The number of nitrogens with zero attached hydrogens (tertiary/aromatic N) is 2. The molecule has 3 aromatic rings. The maximum Gasteiger partial charge on any atom is 0.255 e. The lowest BCUT2D eigenvalue weighted by Gasteiger charge is -2.17. The molecule has 0 aliphatic carbocycles.